The quantitative estimate of drug-likeness (QED) is 0.855. The van der Waals surface area contributed by atoms with Crippen LogP contribution in [0.25, 0.3) is 10.9 Å². The summed E-state index contributed by atoms with van der Waals surface area (Å²) in [5.41, 5.74) is 2.02. The number of fused-ring (bicyclic) bond motifs is 1. The van der Waals surface area contributed by atoms with Crippen molar-refractivity contribution < 1.29 is 4.79 Å². The first-order valence-electron chi connectivity index (χ1n) is 5.33. The Labute approximate surface area is 102 Å². The molecule has 1 aliphatic heterocycles. The summed E-state index contributed by atoms with van der Waals surface area (Å²) in [6.07, 6.45) is 3.52. The maximum absolute atomic E-state index is 11.7. The van der Waals surface area contributed by atoms with Crippen molar-refractivity contribution in [1.29, 1.82) is 0 Å². The van der Waals surface area contributed by atoms with Crippen LogP contribution in [0, 0.1) is 0 Å². The number of amides is 1. The molecule has 2 heterocycles. The van der Waals surface area contributed by atoms with Crippen LogP contribution in [-0.2, 0) is 4.79 Å². The fraction of sp³-hybridized carbons (Fsp3) is 0.250. The molecule has 1 aliphatic rings. The van der Waals surface area contributed by atoms with Crippen LogP contribution in [-0.4, -0.2) is 17.4 Å². The third kappa shape index (κ3) is 1.45. The smallest absolute Gasteiger partial charge is 0.227 e. The predicted octanol–water partition coefficient (Wildman–Crippen LogP) is 3.06. The Hall–Kier alpha value is -1.29. The standard InChI is InChI=1S/C12H11BrN2O/c13-9-6-8-3-4-14-12(8)10(7-9)15-5-1-2-11(15)16/h3-4,6-7,14H,1-2,5H2. The van der Waals surface area contributed by atoms with E-state index in [-0.39, 0.29) is 5.91 Å². The lowest BCUT2D eigenvalue weighted by atomic mass is 10.2. The Balaban J connectivity index is 2.21. The summed E-state index contributed by atoms with van der Waals surface area (Å²) in [4.78, 5) is 16.8. The summed E-state index contributed by atoms with van der Waals surface area (Å²) in [6, 6.07) is 6.07. The molecule has 3 nitrogen and oxygen atoms in total. The fourth-order valence-corrected chi connectivity index (χ4v) is 2.70. The number of nitrogens with zero attached hydrogens (tertiary/aromatic N) is 1. The van der Waals surface area contributed by atoms with Crippen molar-refractivity contribution in [1.82, 2.24) is 4.98 Å². The summed E-state index contributed by atoms with van der Waals surface area (Å²) in [6.45, 7) is 0.823. The highest BCUT2D eigenvalue weighted by atomic mass is 79.9. The number of hydrogen-bond acceptors (Lipinski definition) is 1. The highest BCUT2D eigenvalue weighted by Crippen LogP contribution is 2.32. The van der Waals surface area contributed by atoms with Crippen LogP contribution in [0.4, 0.5) is 5.69 Å². The zero-order valence-corrected chi connectivity index (χ0v) is 10.3. The van der Waals surface area contributed by atoms with E-state index in [1.165, 1.54) is 0 Å². The van der Waals surface area contributed by atoms with E-state index in [1.54, 1.807) is 0 Å². The summed E-state index contributed by atoms with van der Waals surface area (Å²) < 4.78 is 1.01. The molecule has 0 atom stereocenters. The topological polar surface area (TPSA) is 36.1 Å². The van der Waals surface area contributed by atoms with Crippen LogP contribution in [0.3, 0.4) is 0 Å². The molecule has 0 bridgehead atoms. The van der Waals surface area contributed by atoms with Crippen LogP contribution >= 0.6 is 15.9 Å². The monoisotopic (exact) mass is 278 g/mol. The predicted molar refractivity (Wildman–Crippen MR) is 67.6 cm³/mol. The Morgan fingerprint density at radius 2 is 2.25 bits per heavy atom. The van der Waals surface area contributed by atoms with E-state index in [9.17, 15) is 4.79 Å². The van der Waals surface area contributed by atoms with Crippen LogP contribution in [0.15, 0.2) is 28.9 Å². The number of carbonyl (C=O) groups is 1. The first kappa shape index (κ1) is 9.90. The number of halogens is 1. The summed E-state index contributed by atoms with van der Waals surface area (Å²) >= 11 is 3.48. The Kier molecular flexibility index (Phi) is 2.24. The molecule has 3 rings (SSSR count). The number of aromatic nitrogens is 1. The molecule has 0 unspecified atom stereocenters. The second-order valence-electron chi connectivity index (χ2n) is 4.02. The minimum absolute atomic E-state index is 0.217. The molecule has 1 N–H and O–H groups in total. The molecule has 0 radical (unpaired) electrons. The number of benzene rings is 1. The number of rotatable bonds is 1. The first-order chi connectivity index (χ1) is 7.75. The third-order valence-electron chi connectivity index (χ3n) is 2.97. The first-order valence-corrected chi connectivity index (χ1v) is 6.12. The number of carbonyl (C=O) groups excluding carboxylic acids is 1. The van der Waals surface area contributed by atoms with Gasteiger partial charge in [-0.15, -0.1) is 0 Å². The lowest BCUT2D eigenvalue weighted by Gasteiger charge is -2.17. The fourth-order valence-electron chi connectivity index (χ4n) is 2.23. The highest BCUT2D eigenvalue weighted by molar-refractivity contribution is 9.10. The van der Waals surface area contributed by atoms with Crippen LogP contribution < -0.4 is 4.90 Å². The van der Waals surface area contributed by atoms with Gasteiger partial charge in [0, 0.05) is 29.0 Å². The molecule has 1 saturated heterocycles. The van der Waals surface area contributed by atoms with Crippen molar-refractivity contribution in [3.05, 3.63) is 28.9 Å². The zero-order valence-electron chi connectivity index (χ0n) is 8.66. The normalized spacial score (nSPS) is 16.3. The largest absolute Gasteiger partial charge is 0.359 e. The van der Waals surface area contributed by atoms with Crippen LogP contribution in [0.1, 0.15) is 12.8 Å². The second kappa shape index (κ2) is 3.63. The van der Waals surface area contributed by atoms with E-state index in [0.29, 0.717) is 6.42 Å². The minimum atomic E-state index is 0.217. The molecule has 1 aromatic carbocycles. The Morgan fingerprint density at radius 1 is 1.38 bits per heavy atom. The molecule has 0 saturated carbocycles. The van der Waals surface area contributed by atoms with Gasteiger partial charge in [-0.25, -0.2) is 0 Å². The van der Waals surface area contributed by atoms with Gasteiger partial charge in [0.2, 0.25) is 5.91 Å². The highest BCUT2D eigenvalue weighted by Gasteiger charge is 2.23. The second-order valence-corrected chi connectivity index (χ2v) is 4.93. The molecular weight excluding hydrogens is 268 g/mol. The van der Waals surface area contributed by atoms with E-state index in [2.05, 4.69) is 27.0 Å². The van der Waals surface area contributed by atoms with E-state index in [1.807, 2.05) is 23.2 Å². The van der Waals surface area contributed by atoms with Gasteiger partial charge in [-0.2, -0.15) is 0 Å². The lowest BCUT2D eigenvalue weighted by molar-refractivity contribution is -0.117. The minimum Gasteiger partial charge on any atom is -0.359 e. The van der Waals surface area contributed by atoms with Gasteiger partial charge in [0.05, 0.1) is 11.2 Å². The van der Waals surface area contributed by atoms with Crippen molar-refractivity contribution in [2.45, 2.75) is 12.8 Å². The van der Waals surface area contributed by atoms with Crippen molar-refractivity contribution >= 4 is 38.4 Å². The molecule has 1 amide bonds. The molecule has 4 heteroatoms. The molecule has 16 heavy (non-hydrogen) atoms. The maximum atomic E-state index is 11.7. The van der Waals surface area contributed by atoms with Gasteiger partial charge in [0.1, 0.15) is 0 Å². The third-order valence-corrected chi connectivity index (χ3v) is 3.43. The Morgan fingerprint density at radius 3 is 3.00 bits per heavy atom. The number of aromatic amines is 1. The van der Waals surface area contributed by atoms with E-state index >= 15 is 0 Å². The molecule has 0 spiro atoms. The molecular formula is C12H11BrN2O. The van der Waals surface area contributed by atoms with Gasteiger partial charge in [-0.1, -0.05) is 15.9 Å². The molecule has 1 fully saturated rings. The average Bonchev–Trinajstić information content (AvgIpc) is 2.84. The van der Waals surface area contributed by atoms with E-state index in [0.717, 1.165) is 34.0 Å². The van der Waals surface area contributed by atoms with Gasteiger partial charge in [0.25, 0.3) is 0 Å². The van der Waals surface area contributed by atoms with E-state index < -0.39 is 0 Å². The molecule has 1 aromatic heterocycles. The molecule has 0 aliphatic carbocycles. The van der Waals surface area contributed by atoms with Crippen molar-refractivity contribution in [2.24, 2.45) is 0 Å². The van der Waals surface area contributed by atoms with Crippen molar-refractivity contribution in [3.63, 3.8) is 0 Å². The summed E-state index contributed by atoms with van der Waals surface area (Å²) in [7, 11) is 0. The van der Waals surface area contributed by atoms with Crippen LogP contribution in [0.2, 0.25) is 0 Å². The zero-order chi connectivity index (χ0) is 11.1. The van der Waals surface area contributed by atoms with Gasteiger partial charge in [-0.05, 0) is 24.6 Å². The van der Waals surface area contributed by atoms with Gasteiger partial charge in [-0.3, -0.25) is 4.79 Å². The van der Waals surface area contributed by atoms with Crippen molar-refractivity contribution in [3.8, 4) is 0 Å². The molecule has 82 valence electrons. The van der Waals surface area contributed by atoms with Gasteiger partial charge >= 0.3 is 0 Å². The average molecular weight is 279 g/mol. The summed E-state index contributed by atoms with van der Waals surface area (Å²) in [5.74, 6) is 0.217. The van der Waals surface area contributed by atoms with Crippen LogP contribution in [0.5, 0.6) is 0 Å². The summed E-state index contributed by atoms with van der Waals surface area (Å²) in [5, 5.41) is 1.13. The maximum Gasteiger partial charge on any atom is 0.227 e. The van der Waals surface area contributed by atoms with Gasteiger partial charge in [0.15, 0.2) is 0 Å². The van der Waals surface area contributed by atoms with Gasteiger partial charge < -0.3 is 9.88 Å². The SMILES string of the molecule is O=C1CCCN1c1cc(Br)cc2cc[nH]c12. The number of anilines is 1. The number of H-pyrrole nitrogens is 1. The molecule has 2 aromatic rings. The van der Waals surface area contributed by atoms with E-state index in [4.69, 9.17) is 0 Å². The number of nitrogens with one attached hydrogen (secondary N) is 1. The van der Waals surface area contributed by atoms with Crippen molar-refractivity contribution in [2.75, 3.05) is 11.4 Å². The Bertz CT molecular complexity index is 561. The number of hydrogen-bond donors (Lipinski definition) is 1. The lowest BCUT2D eigenvalue weighted by Crippen LogP contribution is -2.23.